The van der Waals surface area contributed by atoms with Crippen LogP contribution in [0.15, 0.2) is 22.9 Å². The molecule has 0 saturated carbocycles. The lowest BCUT2D eigenvalue weighted by Gasteiger charge is -2.11. The molecule has 0 aliphatic rings. The van der Waals surface area contributed by atoms with Gasteiger partial charge in [-0.05, 0) is 46.5 Å². The van der Waals surface area contributed by atoms with Crippen LogP contribution in [0.3, 0.4) is 0 Å². The highest BCUT2D eigenvalue weighted by Crippen LogP contribution is 2.30. The van der Waals surface area contributed by atoms with E-state index in [-0.39, 0.29) is 5.88 Å². The minimum atomic E-state index is 0.218. The summed E-state index contributed by atoms with van der Waals surface area (Å²) >= 11 is 3.30. The highest BCUT2D eigenvalue weighted by atomic mass is 79.9. The Labute approximate surface area is 125 Å². The summed E-state index contributed by atoms with van der Waals surface area (Å²) in [4.78, 5) is 4.07. The van der Waals surface area contributed by atoms with Crippen LogP contribution < -0.4 is 4.74 Å². The quantitative estimate of drug-likeness (QED) is 0.802. The molecule has 0 aliphatic heterocycles. The van der Waals surface area contributed by atoms with E-state index >= 15 is 0 Å². The van der Waals surface area contributed by atoms with Crippen molar-refractivity contribution in [3.8, 4) is 17.7 Å². The fraction of sp³-hybridized carbons (Fsp3) is 0.286. The first-order valence-corrected chi connectivity index (χ1v) is 7.07. The van der Waals surface area contributed by atoms with Crippen LogP contribution in [0.1, 0.15) is 30.7 Å². The molecule has 0 radical (unpaired) electrons. The fourth-order valence-corrected chi connectivity index (χ4v) is 2.22. The van der Waals surface area contributed by atoms with Crippen molar-refractivity contribution in [2.75, 3.05) is 0 Å². The van der Waals surface area contributed by atoms with Crippen LogP contribution in [0.25, 0.3) is 0 Å². The average Bonchev–Trinajstić information content (AvgIpc) is 2.48. The largest absolute Gasteiger partial charge is 0.434 e. The topological polar surface area (TPSA) is 71.7 Å². The van der Waals surface area contributed by atoms with Gasteiger partial charge in [0, 0.05) is 6.20 Å². The van der Waals surface area contributed by atoms with Crippen LogP contribution in [0.4, 0.5) is 0 Å². The van der Waals surface area contributed by atoms with E-state index in [2.05, 4.69) is 37.2 Å². The molecule has 2 heterocycles. The third-order valence-corrected chi connectivity index (χ3v) is 3.45. The van der Waals surface area contributed by atoms with Gasteiger partial charge in [-0.15, -0.1) is 5.10 Å². The second-order valence-corrected chi connectivity index (χ2v) is 4.77. The monoisotopic (exact) mass is 332 g/mol. The molecule has 0 saturated heterocycles. The highest BCUT2D eigenvalue weighted by molar-refractivity contribution is 9.10. The van der Waals surface area contributed by atoms with Crippen LogP contribution in [-0.2, 0) is 12.8 Å². The predicted molar refractivity (Wildman–Crippen MR) is 77.5 cm³/mol. The van der Waals surface area contributed by atoms with Crippen LogP contribution in [0.5, 0.6) is 11.6 Å². The molecule has 0 aromatic carbocycles. The maximum absolute atomic E-state index is 9.37. The zero-order valence-corrected chi connectivity index (χ0v) is 12.8. The first-order chi connectivity index (χ1) is 9.71. The van der Waals surface area contributed by atoms with Gasteiger partial charge in [-0.3, -0.25) is 0 Å². The second-order valence-electron chi connectivity index (χ2n) is 4.02. The summed E-state index contributed by atoms with van der Waals surface area (Å²) in [5.74, 6) is 0.722. The number of hydrogen-bond donors (Lipinski definition) is 0. The molecule has 2 aromatic heterocycles. The number of aryl methyl sites for hydroxylation is 1. The number of halogens is 1. The number of rotatable bonds is 4. The minimum absolute atomic E-state index is 0.218. The van der Waals surface area contributed by atoms with Crippen LogP contribution >= 0.6 is 15.9 Å². The molecule has 0 aliphatic carbocycles. The summed E-state index contributed by atoms with van der Waals surface area (Å²) in [6, 6.07) is 5.67. The van der Waals surface area contributed by atoms with Crippen molar-refractivity contribution >= 4 is 15.9 Å². The Kier molecular flexibility index (Phi) is 4.64. The maximum Gasteiger partial charge on any atom is 0.257 e. The zero-order valence-electron chi connectivity index (χ0n) is 11.2. The first kappa shape index (κ1) is 14.4. The lowest BCUT2D eigenvalue weighted by molar-refractivity contribution is 0.445. The fourth-order valence-electron chi connectivity index (χ4n) is 1.89. The number of hydrogen-bond acceptors (Lipinski definition) is 5. The van der Waals surface area contributed by atoms with E-state index in [1.165, 1.54) is 0 Å². The van der Waals surface area contributed by atoms with Gasteiger partial charge in [-0.2, -0.15) is 10.4 Å². The normalized spacial score (nSPS) is 10.1. The van der Waals surface area contributed by atoms with E-state index < -0.39 is 0 Å². The minimum Gasteiger partial charge on any atom is -0.434 e. The molecule has 2 rings (SSSR count). The average molecular weight is 333 g/mol. The zero-order chi connectivity index (χ0) is 14.5. The molecule has 0 bridgehead atoms. The molecule has 102 valence electrons. The van der Waals surface area contributed by atoms with E-state index in [4.69, 9.17) is 4.74 Å². The highest BCUT2D eigenvalue weighted by Gasteiger charge is 2.16. The van der Waals surface area contributed by atoms with Crippen molar-refractivity contribution in [2.24, 2.45) is 0 Å². The standard InChI is InChI=1S/C14H13BrN4O/c1-3-9-10(8-16)14(19-18-11(9)4-2)20-12-6-5-7-17-13(12)15/h5-7H,3-4H2,1-2H3. The maximum atomic E-state index is 9.37. The molecule has 5 nitrogen and oxygen atoms in total. The number of nitriles is 1. The molecular weight excluding hydrogens is 320 g/mol. The van der Waals surface area contributed by atoms with Gasteiger partial charge in [0.25, 0.3) is 5.88 Å². The molecule has 0 atom stereocenters. The smallest absolute Gasteiger partial charge is 0.257 e. The van der Waals surface area contributed by atoms with Crippen molar-refractivity contribution < 1.29 is 4.74 Å². The number of ether oxygens (including phenoxy) is 1. The molecule has 0 spiro atoms. The van der Waals surface area contributed by atoms with E-state index in [1.807, 2.05) is 13.8 Å². The Morgan fingerprint density at radius 2 is 2.10 bits per heavy atom. The van der Waals surface area contributed by atoms with E-state index in [1.54, 1.807) is 18.3 Å². The van der Waals surface area contributed by atoms with Crippen molar-refractivity contribution in [1.82, 2.24) is 15.2 Å². The second kappa shape index (κ2) is 6.44. The van der Waals surface area contributed by atoms with Crippen LogP contribution in [-0.4, -0.2) is 15.2 Å². The van der Waals surface area contributed by atoms with Crippen LogP contribution in [0, 0.1) is 11.3 Å². The molecule has 0 N–H and O–H groups in total. The Bertz CT molecular complexity index is 667. The molecule has 2 aromatic rings. The number of aromatic nitrogens is 3. The molecular formula is C14H13BrN4O. The van der Waals surface area contributed by atoms with Gasteiger partial charge in [-0.25, -0.2) is 4.98 Å². The van der Waals surface area contributed by atoms with E-state index in [0.29, 0.717) is 22.3 Å². The summed E-state index contributed by atoms with van der Waals surface area (Å²) < 4.78 is 6.23. The Morgan fingerprint density at radius 1 is 1.30 bits per heavy atom. The molecule has 20 heavy (non-hydrogen) atoms. The van der Waals surface area contributed by atoms with Crippen molar-refractivity contribution in [3.05, 3.63) is 39.8 Å². The van der Waals surface area contributed by atoms with Gasteiger partial charge in [0.1, 0.15) is 16.2 Å². The van der Waals surface area contributed by atoms with Gasteiger partial charge < -0.3 is 4.74 Å². The van der Waals surface area contributed by atoms with Gasteiger partial charge >= 0.3 is 0 Å². The Hall–Kier alpha value is -2.00. The van der Waals surface area contributed by atoms with Crippen molar-refractivity contribution in [3.63, 3.8) is 0 Å². The molecule has 0 unspecified atom stereocenters. The van der Waals surface area contributed by atoms with Crippen molar-refractivity contribution in [2.45, 2.75) is 26.7 Å². The molecule has 0 fully saturated rings. The van der Waals surface area contributed by atoms with Gasteiger partial charge in [0.15, 0.2) is 5.75 Å². The first-order valence-electron chi connectivity index (χ1n) is 6.28. The lowest BCUT2D eigenvalue weighted by Crippen LogP contribution is -2.05. The SMILES string of the molecule is CCc1nnc(Oc2cccnc2Br)c(C#N)c1CC. The number of nitrogens with zero attached hydrogens (tertiary/aromatic N) is 4. The van der Waals surface area contributed by atoms with Gasteiger partial charge in [0.05, 0.1) is 5.69 Å². The number of pyridine rings is 1. The van der Waals surface area contributed by atoms with Crippen LogP contribution in [0.2, 0.25) is 0 Å². The molecule has 0 amide bonds. The Balaban J connectivity index is 2.48. The summed E-state index contributed by atoms with van der Waals surface area (Å²) in [6.45, 7) is 3.98. The summed E-state index contributed by atoms with van der Waals surface area (Å²) in [5.41, 5.74) is 2.16. The van der Waals surface area contributed by atoms with Gasteiger partial charge in [-0.1, -0.05) is 13.8 Å². The lowest BCUT2D eigenvalue weighted by atomic mass is 10.0. The summed E-state index contributed by atoms with van der Waals surface area (Å²) in [6.07, 6.45) is 3.10. The predicted octanol–water partition coefficient (Wildman–Crippen LogP) is 3.42. The molecule has 6 heteroatoms. The summed E-state index contributed by atoms with van der Waals surface area (Å²) in [7, 11) is 0. The Morgan fingerprint density at radius 3 is 2.70 bits per heavy atom. The van der Waals surface area contributed by atoms with E-state index in [0.717, 1.165) is 17.7 Å². The van der Waals surface area contributed by atoms with Crippen molar-refractivity contribution in [1.29, 1.82) is 5.26 Å². The van der Waals surface area contributed by atoms with E-state index in [9.17, 15) is 5.26 Å². The third kappa shape index (κ3) is 2.78. The summed E-state index contributed by atoms with van der Waals surface area (Å²) in [5, 5.41) is 17.5. The third-order valence-electron chi connectivity index (χ3n) is 2.86. The van der Waals surface area contributed by atoms with Gasteiger partial charge in [0.2, 0.25) is 0 Å².